The Kier molecular flexibility index (Phi) is 5.00. The molecule has 0 amide bonds. The van der Waals surface area contributed by atoms with Gasteiger partial charge in [-0.2, -0.15) is 0 Å². The molecule has 0 bridgehead atoms. The summed E-state index contributed by atoms with van der Waals surface area (Å²) in [6.45, 7) is 4.44. The van der Waals surface area contributed by atoms with E-state index in [1.54, 1.807) is 0 Å². The van der Waals surface area contributed by atoms with Gasteiger partial charge in [-0.15, -0.1) is 0 Å². The first-order chi connectivity index (χ1) is 18.2. The highest BCUT2D eigenvalue weighted by Crippen LogP contribution is 2.42. The molecule has 7 aromatic rings. The zero-order valence-electron chi connectivity index (χ0n) is 21.0. The SMILES string of the molecule is CC(C)c1cccc2c1oc1c(Nc3ccc(-c4cccc5ccccc45)cc3)cc3ccccc3c12. The molecule has 0 fully saturated rings. The van der Waals surface area contributed by atoms with Crippen molar-refractivity contribution in [3.05, 3.63) is 121 Å². The zero-order chi connectivity index (χ0) is 24.9. The second-order valence-electron chi connectivity index (χ2n) is 10.1. The minimum atomic E-state index is 0.383. The summed E-state index contributed by atoms with van der Waals surface area (Å²) in [6.07, 6.45) is 0. The van der Waals surface area contributed by atoms with Crippen molar-refractivity contribution in [3.8, 4) is 11.1 Å². The third-order valence-corrected chi connectivity index (χ3v) is 7.41. The number of para-hydroxylation sites is 1. The molecule has 37 heavy (non-hydrogen) atoms. The lowest BCUT2D eigenvalue weighted by molar-refractivity contribution is 0.658. The summed E-state index contributed by atoms with van der Waals surface area (Å²) in [5.41, 5.74) is 7.59. The summed E-state index contributed by atoms with van der Waals surface area (Å²) in [5, 5.41) is 11.0. The fourth-order valence-corrected chi connectivity index (χ4v) is 5.58. The highest BCUT2D eigenvalue weighted by Gasteiger charge is 2.18. The van der Waals surface area contributed by atoms with Crippen molar-refractivity contribution >= 4 is 54.9 Å². The van der Waals surface area contributed by atoms with Crippen LogP contribution in [0.2, 0.25) is 0 Å². The molecule has 1 aromatic heterocycles. The molecule has 178 valence electrons. The number of benzene rings is 6. The maximum Gasteiger partial charge on any atom is 0.159 e. The largest absolute Gasteiger partial charge is 0.454 e. The van der Waals surface area contributed by atoms with Crippen molar-refractivity contribution in [3.63, 3.8) is 0 Å². The molecule has 6 aromatic carbocycles. The minimum absolute atomic E-state index is 0.383. The number of hydrogen-bond acceptors (Lipinski definition) is 2. The average molecular weight is 478 g/mol. The molecule has 0 aliphatic carbocycles. The Hall–Kier alpha value is -4.56. The van der Waals surface area contributed by atoms with Crippen LogP contribution in [0.3, 0.4) is 0 Å². The van der Waals surface area contributed by atoms with Gasteiger partial charge in [-0.25, -0.2) is 0 Å². The van der Waals surface area contributed by atoms with Crippen molar-refractivity contribution in [2.75, 3.05) is 5.32 Å². The van der Waals surface area contributed by atoms with Crippen molar-refractivity contribution in [1.29, 1.82) is 0 Å². The van der Waals surface area contributed by atoms with Gasteiger partial charge in [-0.05, 0) is 62.4 Å². The fraction of sp³-hybridized carbons (Fsp3) is 0.0857. The minimum Gasteiger partial charge on any atom is -0.454 e. The predicted molar refractivity (Wildman–Crippen MR) is 158 cm³/mol. The van der Waals surface area contributed by atoms with Gasteiger partial charge in [0.1, 0.15) is 5.58 Å². The Bertz CT molecular complexity index is 1920. The topological polar surface area (TPSA) is 25.2 Å². The maximum absolute atomic E-state index is 6.64. The summed E-state index contributed by atoms with van der Waals surface area (Å²) < 4.78 is 6.64. The molecule has 0 radical (unpaired) electrons. The second kappa shape index (κ2) is 8.53. The monoisotopic (exact) mass is 477 g/mol. The van der Waals surface area contributed by atoms with Gasteiger partial charge < -0.3 is 9.73 Å². The number of rotatable bonds is 4. The van der Waals surface area contributed by atoms with E-state index in [4.69, 9.17) is 4.42 Å². The highest BCUT2D eigenvalue weighted by molar-refractivity contribution is 6.22. The average Bonchev–Trinajstić information content (AvgIpc) is 3.34. The van der Waals surface area contributed by atoms with Gasteiger partial charge in [-0.3, -0.25) is 0 Å². The number of nitrogens with one attached hydrogen (secondary N) is 1. The lowest BCUT2D eigenvalue weighted by atomic mass is 9.97. The maximum atomic E-state index is 6.64. The van der Waals surface area contributed by atoms with Gasteiger partial charge in [0.25, 0.3) is 0 Å². The number of hydrogen-bond donors (Lipinski definition) is 1. The first-order valence-electron chi connectivity index (χ1n) is 12.9. The van der Waals surface area contributed by atoms with E-state index in [0.717, 1.165) is 22.5 Å². The predicted octanol–water partition coefficient (Wildman–Crippen LogP) is 10.4. The molecular weight excluding hydrogens is 450 g/mol. The van der Waals surface area contributed by atoms with Gasteiger partial charge in [0, 0.05) is 16.5 Å². The van der Waals surface area contributed by atoms with E-state index in [1.165, 1.54) is 49.0 Å². The Morgan fingerprint density at radius 3 is 2.08 bits per heavy atom. The molecule has 2 heteroatoms. The van der Waals surface area contributed by atoms with Crippen LogP contribution in [-0.2, 0) is 0 Å². The normalized spacial score (nSPS) is 11.8. The standard InChI is InChI=1S/C35H27NO/c1-22(2)27-14-8-16-31-33-30-13-6-4-10-25(30)21-32(35(33)37-34(27)31)36-26-19-17-24(18-20-26)29-15-7-11-23-9-3-5-12-28(23)29/h3-22,36H,1-2H3. The molecule has 0 saturated carbocycles. The summed E-state index contributed by atoms with van der Waals surface area (Å²) >= 11 is 0. The van der Waals surface area contributed by atoms with E-state index < -0.39 is 0 Å². The Labute approximate surface area is 216 Å². The van der Waals surface area contributed by atoms with Crippen molar-refractivity contribution in [1.82, 2.24) is 0 Å². The highest BCUT2D eigenvalue weighted by atomic mass is 16.3. The van der Waals surface area contributed by atoms with E-state index in [1.807, 2.05) is 0 Å². The zero-order valence-corrected chi connectivity index (χ0v) is 21.0. The van der Waals surface area contributed by atoms with Crippen molar-refractivity contribution in [2.45, 2.75) is 19.8 Å². The molecule has 1 heterocycles. The van der Waals surface area contributed by atoms with Gasteiger partial charge in [-0.1, -0.05) is 111 Å². The lowest BCUT2D eigenvalue weighted by Gasteiger charge is -2.11. The summed E-state index contributed by atoms with van der Waals surface area (Å²) in [6, 6.07) is 41.0. The van der Waals surface area contributed by atoms with E-state index in [0.29, 0.717) is 5.92 Å². The molecule has 0 aliphatic rings. The van der Waals surface area contributed by atoms with Gasteiger partial charge in [0.2, 0.25) is 0 Å². The number of furan rings is 1. The van der Waals surface area contributed by atoms with Crippen molar-refractivity contribution in [2.24, 2.45) is 0 Å². The quantitative estimate of drug-likeness (QED) is 0.273. The van der Waals surface area contributed by atoms with Crippen LogP contribution in [-0.4, -0.2) is 0 Å². The van der Waals surface area contributed by atoms with E-state index in [-0.39, 0.29) is 0 Å². The van der Waals surface area contributed by atoms with Gasteiger partial charge in [0.05, 0.1) is 5.69 Å². The molecule has 0 aliphatic heterocycles. The Morgan fingerprint density at radius 2 is 1.27 bits per heavy atom. The first kappa shape index (κ1) is 21.7. The molecule has 0 atom stereocenters. The third kappa shape index (κ3) is 3.56. The van der Waals surface area contributed by atoms with Crippen LogP contribution in [0.1, 0.15) is 25.3 Å². The van der Waals surface area contributed by atoms with Crippen LogP contribution in [0.4, 0.5) is 11.4 Å². The van der Waals surface area contributed by atoms with Crippen LogP contribution in [0, 0.1) is 0 Å². The van der Waals surface area contributed by atoms with Gasteiger partial charge >= 0.3 is 0 Å². The molecule has 1 N–H and O–H groups in total. The van der Waals surface area contributed by atoms with Crippen LogP contribution < -0.4 is 5.32 Å². The molecule has 0 unspecified atom stereocenters. The van der Waals surface area contributed by atoms with Crippen molar-refractivity contribution < 1.29 is 4.42 Å². The fourth-order valence-electron chi connectivity index (χ4n) is 5.58. The van der Waals surface area contributed by atoms with Crippen LogP contribution in [0.15, 0.2) is 120 Å². The summed E-state index contributed by atoms with van der Waals surface area (Å²) in [4.78, 5) is 0. The molecular formula is C35H27NO. The Balaban J connectivity index is 1.36. The van der Waals surface area contributed by atoms with Crippen LogP contribution in [0.5, 0.6) is 0 Å². The molecule has 0 saturated heterocycles. The Morgan fingerprint density at radius 1 is 0.595 bits per heavy atom. The van der Waals surface area contributed by atoms with E-state index in [9.17, 15) is 0 Å². The third-order valence-electron chi connectivity index (χ3n) is 7.41. The van der Waals surface area contributed by atoms with Crippen LogP contribution in [0.25, 0.3) is 54.6 Å². The van der Waals surface area contributed by atoms with Crippen LogP contribution >= 0.6 is 0 Å². The van der Waals surface area contributed by atoms with Gasteiger partial charge in [0.15, 0.2) is 5.58 Å². The van der Waals surface area contributed by atoms with E-state index in [2.05, 4.69) is 134 Å². The smallest absolute Gasteiger partial charge is 0.159 e. The summed E-state index contributed by atoms with van der Waals surface area (Å²) in [5.74, 6) is 0.383. The molecule has 0 spiro atoms. The first-order valence-corrected chi connectivity index (χ1v) is 12.9. The van der Waals surface area contributed by atoms with E-state index >= 15 is 0 Å². The number of fused-ring (bicyclic) bond motifs is 6. The number of anilines is 2. The summed E-state index contributed by atoms with van der Waals surface area (Å²) in [7, 11) is 0. The molecule has 7 rings (SSSR count). The lowest BCUT2D eigenvalue weighted by Crippen LogP contribution is -1.92. The second-order valence-corrected chi connectivity index (χ2v) is 10.1. The molecule has 2 nitrogen and oxygen atoms in total.